The van der Waals surface area contributed by atoms with Gasteiger partial charge in [0.15, 0.2) is 0 Å². The third-order valence-electron chi connectivity index (χ3n) is 4.49. The van der Waals surface area contributed by atoms with Gasteiger partial charge in [0.05, 0.1) is 6.10 Å². The van der Waals surface area contributed by atoms with Gasteiger partial charge in [0.25, 0.3) is 0 Å². The van der Waals surface area contributed by atoms with Gasteiger partial charge in [0.1, 0.15) is 0 Å². The first-order valence-corrected chi connectivity index (χ1v) is 8.97. The quantitative estimate of drug-likeness (QED) is 0.764. The Morgan fingerprint density at radius 3 is 2.28 bits per heavy atom. The molecule has 1 unspecified atom stereocenters. The zero-order chi connectivity index (χ0) is 18.4. The molecule has 1 atom stereocenters. The summed E-state index contributed by atoms with van der Waals surface area (Å²) >= 11 is 0. The Morgan fingerprint density at radius 2 is 1.76 bits per heavy atom. The number of aliphatic hydroxyl groups is 1. The van der Waals surface area contributed by atoms with Gasteiger partial charge in [0.2, 0.25) is 5.91 Å². The first-order chi connectivity index (χ1) is 11.9. The molecule has 138 valence electrons. The Hall–Kier alpha value is -2.08. The van der Waals surface area contributed by atoms with Crippen molar-refractivity contribution >= 4 is 11.9 Å². The highest BCUT2D eigenvalue weighted by Crippen LogP contribution is 2.18. The second kappa shape index (κ2) is 8.85. The number of urea groups is 1. The molecule has 0 aromatic heterocycles. The zero-order valence-corrected chi connectivity index (χ0v) is 15.3. The molecule has 0 saturated carbocycles. The largest absolute Gasteiger partial charge is 0.389 e. The monoisotopic (exact) mass is 347 g/mol. The number of benzene rings is 1. The van der Waals surface area contributed by atoms with Crippen LogP contribution in [0.3, 0.4) is 0 Å². The van der Waals surface area contributed by atoms with Crippen molar-refractivity contribution in [2.24, 2.45) is 5.92 Å². The van der Waals surface area contributed by atoms with Crippen LogP contribution in [0.4, 0.5) is 4.79 Å². The smallest absolute Gasteiger partial charge is 0.317 e. The summed E-state index contributed by atoms with van der Waals surface area (Å²) in [4.78, 5) is 26.1. The summed E-state index contributed by atoms with van der Waals surface area (Å²) in [6.07, 6.45) is 0.901. The topological polar surface area (TPSA) is 81.7 Å². The maximum Gasteiger partial charge on any atom is 0.317 e. The van der Waals surface area contributed by atoms with Crippen LogP contribution in [0.5, 0.6) is 0 Å². The normalized spacial score (nSPS) is 16.6. The highest BCUT2D eigenvalue weighted by Gasteiger charge is 2.27. The van der Waals surface area contributed by atoms with Crippen molar-refractivity contribution in [3.8, 4) is 0 Å². The third kappa shape index (κ3) is 5.74. The Balaban J connectivity index is 1.76. The van der Waals surface area contributed by atoms with E-state index in [9.17, 15) is 14.7 Å². The Morgan fingerprint density at radius 1 is 1.16 bits per heavy atom. The number of amides is 3. The molecule has 0 bridgehead atoms. The van der Waals surface area contributed by atoms with Gasteiger partial charge in [-0.1, -0.05) is 24.3 Å². The van der Waals surface area contributed by atoms with E-state index in [1.54, 1.807) is 11.8 Å². The molecule has 1 heterocycles. The zero-order valence-electron chi connectivity index (χ0n) is 15.3. The van der Waals surface area contributed by atoms with Crippen LogP contribution in [-0.2, 0) is 11.3 Å². The number of nitrogens with one attached hydrogen (secondary N) is 2. The molecule has 2 rings (SSSR count). The first-order valence-electron chi connectivity index (χ1n) is 8.97. The molecule has 3 N–H and O–H groups in total. The molecule has 1 saturated heterocycles. The van der Waals surface area contributed by atoms with Gasteiger partial charge in [-0.05, 0) is 44.7 Å². The minimum Gasteiger partial charge on any atom is -0.389 e. The van der Waals surface area contributed by atoms with Crippen molar-refractivity contribution in [3.05, 3.63) is 35.4 Å². The summed E-state index contributed by atoms with van der Waals surface area (Å²) in [5.74, 6) is 0.00311. The Bertz CT molecular complexity index is 576. The maximum atomic E-state index is 12.3. The molecule has 1 fully saturated rings. The van der Waals surface area contributed by atoms with E-state index in [4.69, 9.17) is 0 Å². The summed E-state index contributed by atoms with van der Waals surface area (Å²) in [6, 6.07) is 7.65. The van der Waals surface area contributed by atoms with E-state index < -0.39 is 6.10 Å². The highest BCUT2D eigenvalue weighted by atomic mass is 16.3. The number of carbonyl (C=O) groups is 2. The predicted octanol–water partition coefficient (Wildman–Crippen LogP) is 2.19. The minimum atomic E-state index is -0.485. The van der Waals surface area contributed by atoms with Crippen LogP contribution in [0.2, 0.25) is 0 Å². The van der Waals surface area contributed by atoms with Gasteiger partial charge < -0.3 is 20.6 Å². The molecular weight excluding hydrogens is 318 g/mol. The number of piperidine rings is 1. The summed E-state index contributed by atoms with van der Waals surface area (Å²) in [5.41, 5.74) is 1.87. The van der Waals surface area contributed by atoms with Crippen LogP contribution in [-0.4, -0.2) is 41.1 Å². The van der Waals surface area contributed by atoms with E-state index in [0.29, 0.717) is 32.5 Å². The Labute approximate surface area is 149 Å². The van der Waals surface area contributed by atoms with E-state index >= 15 is 0 Å². The van der Waals surface area contributed by atoms with Crippen molar-refractivity contribution in [3.63, 3.8) is 0 Å². The molecule has 0 spiro atoms. The SMILES string of the molecule is CC(C)NC(=O)N1CCC(C(=O)NCc2ccc(C(C)O)cc2)CC1. The second-order valence-corrected chi connectivity index (χ2v) is 7.00. The molecule has 1 aromatic rings. The van der Waals surface area contributed by atoms with E-state index in [0.717, 1.165) is 11.1 Å². The number of carbonyl (C=O) groups excluding carboxylic acids is 2. The van der Waals surface area contributed by atoms with Gasteiger partial charge in [-0.15, -0.1) is 0 Å². The standard InChI is InChI=1S/C19H29N3O3/c1-13(2)21-19(25)22-10-8-17(9-11-22)18(24)20-12-15-4-6-16(7-5-15)14(3)23/h4-7,13-14,17,23H,8-12H2,1-3H3,(H,20,24)(H,21,25). The van der Waals surface area contributed by atoms with E-state index in [2.05, 4.69) is 10.6 Å². The molecule has 25 heavy (non-hydrogen) atoms. The lowest BCUT2D eigenvalue weighted by atomic mass is 9.96. The van der Waals surface area contributed by atoms with Gasteiger partial charge in [-0.2, -0.15) is 0 Å². The summed E-state index contributed by atoms with van der Waals surface area (Å²) < 4.78 is 0. The second-order valence-electron chi connectivity index (χ2n) is 7.00. The number of rotatable bonds is 5. The van der Waals surface area contributed by atoms with Crippen LogP contribution in [0.15, 0.2) is 24.3 Å². The fourth-order valence-electron chi connectivity index (χ4n) is 2.93. The van der Waals surface area contributed by atoms with Crippen LogP contribution >= 0.6 is 0 Å². The van der Waals surface area contributed by atoms with Crippen molar-refractivity contribution in [2.45, 2.75) is 52.3 Å². The number of nitrogens with zero attached hydrogens (tertiary/aromatic N) is 1. The fourth-order valence-corrected chi connectivity index (χ4v) is 2.93. The maximum absolute atomic E-state index is 12.3. The third-order valence-corrected chi connectivity index (χ3v) is 4.49. The van der Waals surface area contributed by atoms with E-state index in [-0.39, 0.29) is 23.9 Å². The predicted molar refractivity (Wildman–Crippen MR) is 96.9 cm³/mol. The lowest BCUT2D eigenvalue weighted by Crippen LogP contribution is -2.48. The molecule has 3 amide bonds. The van der Waals surface area contributed by atoms with Crippen LogP contribution in [0, 0.1) is 5.92 Å². The number of hydrogen-bond donors (Lipinski definition) is 3. The molecule has 1 aliphatic heterocycles. The average molecular weight is 347 g/mol. The van der Waals surface area contributed by atoms with Gasteiger partial charge in [0, 0.05) is 31.6 Å². The van der Waals surface area contributed by atoms with Crippen molar-refractivity contribution in [2.75, 3.05) is 13.1 Å². The molecule has 1 aliphatic rings. The summed E-state index contributed by atoms with van der Waals surface area (Å²) in [7, 11) is 0. The average Bonchev–Trinajstić information content (AvgIpc) is 2.59. The van der Waals surface area contributed by atoms with Crippen molar-refractivity contribution in [1.82, 2.24) is 15.5 Å². The number of likely N-dealkylation sites (tertiary alicyclic amines) is 1. The van der Waals surface area contributed by atoms with Crippen molar-refractivity contribution < 1.29 is 14.7 Å². The van der Waals surface area contributed by atoms with Crippen LogP contribution < -0.4 is 10.6 Å². The van der Waals surface area contributed by atoms with Crippen LogP contribution in [0.25, 0.3) is 0 Å². The highest BCUT2D eigenvalue weighted by molar-refractivity contribution is 5.79. The van der Waals surface area contributed by atoms with E-state index in [1.165, 1.54) is 0 Å². The summed E-state index contributed by atoms with van der Waals surface area (Å²) in [5, 5.41) is 15.4. The number of hydrogen-bond acceptors (Lipinski definition) is 3. The molecule has 6 heteroatoms. The minimum absolute atomic E-state index is 0.0418. The number of aliphatic hydroxyl groups excluding tert-OH is 1. The van der Waals surface area contributed by atoms with Gasteiger partial charge >= 0.3 is 6.03 Å². The molecule has 6 nitrogen and oxygen atoms in total. The van der Waals surface area contributed by atoms with Gasteiger partial charge in [-0.25, -0.2) is 4.79 Å². The Kier molecular flexibility index (Phi) is 6.82. The molecule has 1 aromatic carbocycles. The van der Waals surface area contributed by atoms with E-state index in [1.807, 2.05) is 38.1 Å². The fraction of sp³-hybridized carbons (Fsp3) is 0.579. The molecular formula is C19H29N3O3. The lowest BCUT2D eigenvalue weighted by molar-refractivity contribution is -0.126. The molecule has 0 aliphatic carbocycles. The summed E-state index contributed by atoms with van der Waals surface area (Å²) in [6.45, 7) is 7.30. The first kappa shape index (κ1) is 19.2. The van der Waals surface area contributed by atoms with Crippen molar-refractivity contribution in [1.29, 1.82) is 0 Å². The molecule has 0 radical (unpaired) electrons. The lowest BCUT2D eigenvalue weighted by Gasteiger charge is -2.32. The van der Waals surface area contributed by atoms with Gasteiger partial charge in [-0.3, -0.25) is 4.79 Å². The van der Waals surface area contributed by atoms with Crippen LogP contribution in [0.1, 0.15) is 50.8 Å².